The molecule has 8 nitrogen and oxygen atoms in total. The number of hydrogen-bond acceptors (Lipinski definition) is 6. The summed E-state index contributed by atoms with van der Waals surface area (Å²) in [5, 5.41) is 11.9. The van der Waals surface area contributed by atoms with E-state index < -0.39 is 23.3 Å². The van der Waals surface area contributed by atoms with Crippen molar-refractivity contribution in [3.8, 4) is 6.07 Å². The molecule has 0 bridgehead atoms. The van der Waals surface area contributed by atoms with E-state index in [1.165, 1.54) is 4.90 Å². The average Bonchev–Trinajstić information content (AvgIpc) is 2.97. The van der Waals surface area contributed by atoms with E-state index >= 15 is 0 Å². The molecule has 0 radical (unpaired) electrons. The molecule has 1 N–H and O–H groups in total. The van der Waals surface area contributed by atoms with Gasteiger partial charge in [-0.2, -0.15) is 5.26 Å². The Labute approximate surface area is 182 Å². The van der Waals surface area contributed by atoms with Crippen LogP contribution < -0.4 is 5.32 Å². The van der Waals surface area contributed by atoms with Crippen molar-refractivity contribution in [1.82, 2.24) is 10.2 Å². The highest BCUT2D eigenvalue weighted by atomic mass is 16.6. The van der Waals surface area contributed by atoms with Crippen LogP contribution in [0.25, 0.3) is 0 Å². The summed E-state index contributed by atoms with van der Waals surface area (Å²) in [7, 11) is 0. The first-order valence-corrected chi connectivity index (χ1v) is 10.6. The van der Waals surface area contributed by atoms with Gasteiger partial charge in [-0.1, -0.05) is 12.1 Å². The summed E-state index contributed by atoms with van der Waals surface area (Å²) in [4.78, 5) is 38.1. The Balaban J connectivity index is 1.46. The van der Waals surface area contributed by atoms with Gasteiger partial charge in [0.05, 0.1) is 24.6 Å². The maximum Gasteiger partial charge on any atom is 0.411 e. The van der Waals surface area contributed by atoms with E-state index in [1.54, 1.807) is 45.0 Å². The van der Waals surface area contributed by atoms with Gasteiger partial charge in [-0.15, -0.1) is 0 Å². The lowest BCUT2D eigenvalue weighted by atomic mass is 9.82. The van der Waals surface area contributed by atoms with Crippen LogP contribution in [-0.2, 0) is 25.5 Å². The third kappa shape index (κ3) is 6.20. The molecular weight excluding hydrogens is 398 g/mol. The lowest BCUT2D eigenvalue weighted by molar-refractivity contribution is -0.155. The van der Waals surface area contributed by atoms with Crippen LogP contribution in [-0.4, -0.2) is 53.2 Å². The number of nitriles is 1. The first-order valence-electron chi connectivity index (χ1n) is 10.6. The van der Waals surface area contributed by atoms with Gasteiger partial charge in [0.2, 0.25) is 5.91 Å². The number of carbonyl (C=O) groups is 3. The normalized spacial score (nSPS) is 23.2. The highest BCUT2D eigenvalue weighted by molar-refractivity contribution is 5.80. The largest absolute Gasteiger partial charge is 0.459 e. The van der Waals surface area contributed by atoms with Gasteiger partial charge in [-0.05, 0) is 64.2 Å². The van der Waals surface area contributed by atoms with Crippen molar-refractivity contribution >= 4 is 18.0 Å². The van der Waals surface area contributed by atoms with Gasteiger partial charge < -0.3 is 14.8 Å². The van der Waals surface area contributed by atoms with E-state index in [2.05, 4.69) is 11.4 Å². The minimum atomic E-state index is -0.605. The molecule has 1 aliphatic heterocycles. The molecule has 2 amide bonds. The lowest BCUT2D eigenvalue weighted by Gasteiger charge is -2.35. The maximum atomic E-state index is 12.4. The Morgan fingerprint density at radius 3 is 2.48 bits per heavy atom. The molecule has 31 heavy (non-hydrogen) atoms. The molecule has 1 aliphatic carbocycles. The first kappa shape index (κ1) is 22.6. The van der Waals surface area contributed by atoms with Crippen molar-refractivity contribution in [2.45, 2.75) is 70.1 Å². The Kier molecular flexibility index (Phi) is 6.54. The number of hydrogen-bond donors (Lipinski definition) is 1. The number of nitrogens with zero attached hydrogens (tertiary/aromatic N) is 2. The number of esters is 1. The molecule has 166 valence electrons. The molecule has 3 rings (SSSR count). The standard InChI is InChI=1S/C23H29N3O5/c1-22(2,3)30-20(28)14-26-15-23(31-21(26)29)10-8-18(9-11-23)25-19(27)12-16-4-6-17(13-24)7-5-16/h4-7,18H,8-12,14-15H2,1-3H3,(H,25,27). The topological polar surface area (TPSA) is 109 Å². The molecule has 0 unspecified atom stereocenters. The number of ether oxygens (including phenoxy) is 2. The van der Waals surface area contributed by atoms with Crippen LogP contribution in [0.5, 0.6) is 0 Å². The van der Waals surface area contributed by atoms with Crippen molar-refractivity contribution in [2.75, 3.05) is 13.1 Å². The second-order valence-electron chi connectivity index (χ2n) is 9.32. The second-order valence-corrected chi connectivity index (χ2v) is 9.32. The van der Waals surface area contributed by atoms with Crippen molar-refractivity contribution in [3.63, 3.8) is 0 Å². The zero-order valence-corrected chi connectivity index (χ0v) is 18.3. The Morgan fingerprint density at radius 1 is 1.26 bits per heavy atom. The number of amides is 2. The minimum absolute atomic E-state index is 0.0233. The van der Waals surface area contributed by atoms with Gasteiger partial charge in [-0.25, -0.2) is 4.79 Å². The summed E-state index contributed by atoms with van der Waals surface area (Å²) < 4.78 is 10.9. The van der Waals surface area contributed by atoms with Crippen LogP contribution in [0.4, 0.5) is 4.79 Å². The van der Waals surface area contributed by atoms with Crippen molar-refractivity contribution in [1.29, 1.82) is 5.26 Å². The number of nitrogens with one attached hydrogen (secondary N) is 1. The highest BCUT2D eigenvalue weighted by Gasteiger charge is 2.48. The Bertz CT molecular complexity index is 874. The summed E-state index contributed by atoms with van der Waals surface area (Å²) in [6.07, 6.45) is 2.43. The van der Waals surface area contributed by atoms with Crippen LogP contribution in [0, 0.1) is 11.3 Å². The van der Waals surface area contributed by atoms with Gasteiger partial charge >= 0.3 is 12.1 Å². The molecule has 1 saturated heterocycles. The number of rotatable bonds is 5. The fourth-order valence-electron chi connectivity index (χ4n) is 4.05. The summed E-state index contributed by atoms with van der Waals surface area (Å²) in [6, 6.07) is 9.04. The number of carbonyl (C=O) groups excluding carboxylic acids is 3. The molecule has 8 heteroatoms. The van der Waals surface area contributed by atoms with Gasteiger partial charge in [0.15, 0.2) is 0 Å². The highest BCUT2D eigenvalue weighted by Crippen LogP contribution is 2.37. The van der Waals surface area contributed by atoms with Crippen LogP contribution in [0.15, 0.2) is 24.3 Å². The molecule has 0 atom stereocenters. The Hall–Kier alpha value is -3.08. The van der Waals surface area contributed by atoms with Gasteiger partial charge in [0.1, 0.15) is 17.7 Å². The van der Waals surface area contributed by atoms with Crippen LogP contribution in [0.1, 0.15) is 57.6 Å². The van der Waals surface area contributed by atoms with Gasteiger partial charge in [0.25, 0.3) is 0 Å². The molecule has 1 heterocycles. The molecule has 2 fully saturated rings. The van der Waals surface area contributed by atoms with E-state index in [4.69, 9.17) is 14.7 Å². The SMILES string of the molecule is CC(C)(C)OC(=O)CN1CC2(CCC(NC(=O)Cc3ccc(C#N)cc3)CC2)OC1=O. The molecule has 2 aliphatic rings. The van der Waals surface area contributed by atoms with Gasteiger partial charge in [-0.3, -0.25) is 14.5 Å². The monoisotopic (exact) mass is 427 g/mol. The van der Waals surface area contributed by atoms with Crippen molar-refractivity contribution in [2.24, 2.45) is 0 Å². The second kappa shape index (κ2) is 8.96. The zero-order chi connectivity index (χ0) is 22.6. The summed E-state index contributed by atoms with van der Waals surface area (Å²) in [5.41, 5.74) is 0.208. The summed E-state index contributed by atoms with van der Waals surface area (Å²) >= 11 is 0. The van der Waals surface area contributed by atoms with E-state index in [-0.39, 0.29) is 24.9 Å². The van der Waals surface area contributed by atoms with E-state index in [9.17, 15) is 14.4 Å². The van der Waals surface area contributed by atoms with Crippen molar-refractivity contribution < 1.29 is 23.9 Å². The third-order valence-electron chi connectivity index (χ3n) is 5.49. The van der Waals surface area contributed by atoms with Gasteiger partial charge in [0, 0.05) is 6.04 Å². The Morgan fingerprint density at radius 2 is 1.90 bits per heavy atom. The average molecular weight is 428 g/mol. The fourth-order valence-corrected chi connectivity index (χ4v) is 4.05. The lowest BCUT2D eigenvalue weighted by Crippen LogP contribution is -2.46. The minimum Gasteiger partial charge on any atom is -0.459 e. The van der Waals surface area contributed by atoms with Crippen molar-refractivity contribution in [3.05, 3.63) is 35.4 Å². The van der Waals surface area contributed by atoms with E-state index in [0.29, 0.717) is 37.8 Å². The number of benzene rings is 1. The van der Waals surface area contributed by atoms with E-state index in [1.807, 2.05) is 0 Å². The molecule has 1 aromatic rings. The smallest absolute Gasteiger partial charge is 0.411 e. The fraction of sp³-hybridized carbons (Fsp3) is 0.565. The summed E-state index contributed by atoms with van der Waals surface area (Å²) in [6.45, 7) is 5.59. The predicted molar refractivity (Wildman–Crippen MR) is 112 cm³/mol. The maximum absolute atomic E-state index is 12.4. The van der Waals surface area contributed by atoms with Crippen LogP contribution in [0.3, 0.4) is 0 Å². The first-order chi connectivity index (χ1) is 14.6. The molecule has 1 aromatic carbocycles. The van der Waals surface area contributed by atoms with E-state index in [0.717, 1.165) is 5.56 Å². The van der Waals surface area contributed by atoms with Crippen LogP contribution >= 0.6 is 0 Å². The van der Waals surface area contributed by atoms with Crippen LogP contribution in [0.2, 0.25) is 0 Å². The molecular formula is C23H29N3O5. The quantitative estimate of drug-likeness (QED) is 0.724. The molecule has 0 aromatic heterocycles. The summed E-state index contributed by atoms with van der Waals surface area (Å²) in [5.74, 6) is -0.522. The molecule has 1 spiro atoms. The predicted octanol–water partition coefficient (Wildman–Crippen LogP) is 2.69. The third-order valence-corrected chi connectivity index (χ3v) is 5.49. The zero-order valence-electron chi connectivity index (χ0n) is 18.3. The molecule has 1 saturated carbocycles.